The van der Waals surface area contributed by atoms with Crippen molar-refractivity contribution in [2.45, 2.75) is 31.8 Å². The number of aliphatic hydroxyl groups is 2. The van der Waals surface area contributed by atoms with Gasteiger partial charge in [0.25, 0.3) is 0 Å². The fourth-order valence-corrected chi connectivity index (χ4v) is 1.45. The topological polar surface area (TPSA) is 87.4 Å². The number of nitrogens with zero attached hydrogens (tertiary/aromatic N) is 2. The number of imidazole rings is 1. The summed E-state index contributed by atoms with van der Waals surface area (Å²) in [6, 6.07) is 0. The molecule has 0 atom stereocenters. The van der Waals surface area contributed by atoms with Crippen LogP contribution in [0, 0.1) is 0 Å². The van der Waals surface area contributed by atoms with Gasteiger partial charge >= 0.3 is 0 Å². The van der Waals surface area contributed by atoms with Gasteiger partial charge in [0, 0.05) is 25.4 Å². The molecular formula is C11H19N3O3. The average molecular weight is 241 g/mol. The molecule has 1 amide bonds. The Kier molecular flexibility index (Phi) is 5.11. The lowest BCUT2D eigenvalue weighted by molar-refractivity contribution is -0.124. The number of hydrogen-bond donors (Lipinski definition) is 3. The fraction of sp³-hybridized carbons (Fsp3) is 0.636. The summed E-state index contributed by atoms with van der Waals surface area (Å²) in [5, 5.41) is 21.0. The molecule has 0 saturated heterocycles. The lowest BCUT2D eigenvalue weighted by Gasteiger charge is -2.29. The molecule has 1 aromatic heterocycles. The highest BCUT2D eigenvalue weighted by atomic mass is 16.3. The van der Waals surface area contributed by atoms with E-state index in [0.29, 0.717) is 13.0 Å². The van der Waals surface area contributed by atoms with Crippen LogP contribution in [0.5, 0.6) is 0 Å². The van der Waals surface area contributed by atoms with Crippen molar-refractivity contribution in [3.63, 3.8) is 0 Å². The van der Waals surface area contributed by atoms with Crippen molar-refractivity contribution in [1.82, 2.24) is 14.9 Å². The molecular weight excluding hydrogens is 222 g/mol. The van der Waals surface area contributed by atoms with Gasteiger partial charge < -0.3 is 20.1 Å². The van der Waals surface area contributed by atoms with Crippen LogP contribution in [0.25, 0.3) is 0 Å². The molecule has 0 bridgehead atoms. The van der Waals surface area contributed by atoms with Crippen LogP contribution in [0.1, 0.15) is 19.8 Å². The molecule has 1 heterocycles. The summed E-state index contributed by atoms with van der Waals surface area (Å²) in [7, 11) is 0. The van der Waals surface area contributed by atoms with Crippen molar-refractivity contribution in [2.24, 2.45) is 0 Å². The molecule has 0 spiro atoms. The number of hydrogen-bond acceptors (Lipinski definition) is 4. The largest absolute Gasteiger partial charge is 0.394 e. The minimum Gasteiger partial charge on any atom is -0.394 e. The Balaban J connectivity index is 2.42. The number of nitrogens with one attached hydrogen (secondary N) is 1. The summed E-state index contributed by atoms with van der Waals surface area (Å²) in [4.78, 5) is 15.5. The Bertz CT molecular complexity index is 325. The maximum absolute atomic E-state index is 11.7. The van der Waals surface area contributed by atoms with E-state index < -0.39 is 5.54 Å². The molecule has 0 unspecified atom stereocenters. The Morgan fingerprint density at radius 1 is 1.47 bits per heavy atom. The van der Waals surface area contributed by atoms with Crippen LogP contribution in [0.15, 0.2) is 18.7 Å². The number of aliphatic hydroxyl groups excluding tert-OH is 2. The van der Waals surface area contributed by atoms with Crippen LogP contribution in [-0.2, 0) is 11.3 Å². The van der Waals surface area contributed by atoms with Crippen LogP contribution < -0.4 is 5.32 Å². The van der Waals surface area contributed by atoms with Crippen LogP contribution in [0.4, 0.5) is 0 Å². The van der Waals surface area contributed by atoms with Crippen molar-refractivity contribution in [2.75, 3.05) is 13.2 Å². The summed E-state index contributed by atoms with van der Waals surface area (Å²) in [5.74, 6) is -0.191. The molecule has 6 nitrogen and oxygen atoms in total. The zero-order chi connectivity index (χ0) is 12.7. The van der Waals surface area contributed by atoms with Crippen LogP contribution in [0.3, 0.4) is 0 Å². The first kappa shape index (κ1) is 13.7. The highest BCUT2D eigenvalue weighted by Crippen LogP contribution is 2.08. The zero-order valence-electron chi connectivity index (χ0n) is 9.96. The lowest BCUT2D eigenvalue weighted by Crippen LogP contribution is -2.53. The van der Waals surface area contributed by atoms with Gasteiger partial charge in [-0.05, 0) is 6.42 Å². The van der Waals surface area contributed by atoms with Crippen molar-refractivity contribution < 1.29 is 15.0 Å². The van der Waals surface area contributed by atoms with E-state index in [2.05, 4.69) is 10.3 Å². The average Bonchev–Trinajstić information content (AvgIpc) is 2.87. The molecule has 0 aliphatic heterocycles. The number of amides is 1. The summed E-state index contributed by atoms with van der Waals surface area (Å²) in [6.45, 7) is 1.80. The Labute approximate surface area is 100 Å². The van der Waals surface area contributed by atoms with Crippen LogP contribution in [-0.4, -0.2) is 44.4 Å². The third-order valence-corrected chi connectivity index (χ3v) is 2.84. The molecule has 1 aromatic rings. The maximum atomic E-state index is 11.7. The number of carbonyl (C=O) groups is 1. The SMILES string of the molecule is CCC(CO)(CO)NC(=O)CCn1ccnc1. The maximum Gasteiger partial charge on any atom is 0.222 e. The van der Waals surface area contributed by atoms with E-state index in [0.717, 1.165) is 0 Å². The first-order chi connectivity index (χ1) is 8.15. The second-order valence-corrected chi connectivity index (χ2v) is 4.05. The first-order valence-electron chi connectivity index (χ1n) is 5.64. The summed E-state index contributed by atoms with van der Waals surface area (Å²) >= 11 is 0. The van der Waals surface area contributed by atoms with E-state index in [9.17, 15) is 15.0 Å². The number of rotatable bonds is 7. The van der Waals surface area contributed by atoms with Crippen molar-refractivity contribution in [3.8, 4) is 0 Å². The molecule has 0 aliphatic rings. The number of aromatic nitrogens is 2. The molecule has 0 aromatic carbocycles. The molecule has 96 valence electrons. The zero-order valence-corrected chi connectivity index (χ0v) is 9.96. The van der Waals surface area contributed by atoms with Gasteiger partial charge in [-0.1, -0.05) is 6.92 Å². The fourth-order valence-electron chi connectivity index (χ4n) is 1.45. The minimum atomic E-state index is -0.911. The molecule has 1 rings (SSSR count). The smallest absolute Gasteiger partial charge is 0.222 e. The van der Waals surface area contributed by atoms with Gasteiger partial charge in [0.2, 0.25) is 5.91 Å². The van der Waals surface area contributed by atoms with E-state index >= 15 is 0 Å². The second kappa shape index (κ2) is 6.36. The van der Waals surface area contributed by atoms with Gasteiger partial charge in [0.1, 0.15) is 0 Å². The van der Waals surface area contributed by atoms with Gasteiger partial charge in [0.05, 0.1) is 25.1 Å². The summed E-state index contributed by atoms with van der Waals surface area (Å²) in [6.07, 6.45) is 5.83. The van der Waals surface area contributed by atoms with Crippen molar-refractivity contribution in [3.05, 3.63) is 18.7 Å². The third kappa shape index (κ3) is 3.83. The van der Waals surface area contributed by atoms with Gasteiger partial charge in [-0.3, -0.25) is 4.79 Å². The van der Waals surface area contributed by atoms with Gasteiger partial charge in [-0.15, -0.1) is 0 Å². The second-order valence-electron chi connectivity index (χ2n) is 4.05. The Hall–Kier alpha value is -1.40. The van der Waals surface area contributed by atoms with Gasteiger partial charge in [-0.2, -0.15) is 0 Å². The molecule has 6 heteroatoms. The predicted molar refractivity (Wildman–Crippen MR) is 62.2 cm³/mol. The van der Waals surface area contributed by atoms with Crippen LogP contribution in [0.2, 0.25) is 0 Å². The van der Waals surface area contributed by atoms with Crippen LogP contribution >= 0.6 is 0 Å². The highest BCUT2D eigenvalue weighted by molar-refractivity contribution is 5.76. The lowest BCUT2D eigenvalue weighted by atomic mass is 9.98. The molecule has 0 aliphatic carbocycles. The third-order valence-electron chi connectivity index (χ3n) is 2.84. The summed E-state index contributed by atoms with van der Waals surface area (Å²) in [5.41, 5.74) is -0.911. The Morgan fingerprint density at radius 2 is 2.18 bits per heavy atom. The number of carbonyl (C=O) groups excluding carboxylic acids is 1. The first-order valence-corrected chi connectivity index (χ1v) is 5.64. The molecule has 0 saturated carbocycles. The minimum absolute atomic E-state index is 0.191. The quantitative estimate of drug-likeness (QED) is 0.602. The molecule has 0 radical (unpaired) electrons. The van der Waals surface area contributed by atoms with E-state index in [1.165, 1.54) is 0 Å². The molecule has 0 fully saturated rings. The predicted octanol–water partition coefficient (Wildman–Crippen LogP) is -0.477. The summed E-state index contributed by atoms with van der Waals surface area (Å²) < 4.78 is 1.80. The normalized spacial score (nSPS) is 11.5. The number of aryl methyl sites for hydroxylation is 1. The van der Waals surface area contributed by atoms with E-state index in [4.69, 9.17) is 0 Å². The van der Waals surface area contributed by atoms with Crippen molar-refractivity contribution >= 4 is 5.91 Å². The van der Waals surface area contributed by atoms with E-state index in [1.54, 1.807) is 23.3 Å². The van der Waals surface area contributed by atoms with E-state index in [-0.39, 0.29) is 25.5 Å². The van der Waals surface area contributed by atoms with E-state index in [1.807, 2.05) is 6.92 Å². The molecule has 17 heavy (non-hydrogen) atoms. The Morgan fingerprint density at radius 3 is 2.65 bits per heavy atom. The van der Waals surface area contributed by atoms with Gasteiger partial charge in [0.15, 0.2) is 0 Å². The monoisotopic (exact) mass is 241 g/mol. The van der Waals surface area contributed by atoms with Crippen molar-refractivity contribution in [1.29, 1.82) is 0 Å². The molecule has 3 N–H and O–H groups in total. The standard InChI is InChI=1S/C11H19N3O3/c1-2-11(7-15,8-16)13-10(17)3-5-14-6-4-12-9-14/h4,6,9,15-16H,2-3,5,7-8H2,1H3,(H,13,17). The highest BCUT2D eigenvalue weighted by Gasteiger charge is 2.28. The van der Waals surface area contributed by atoms with Gasteiger partial charge in [-0.25, -0.2) is 4.98 Å².